The van der Waals surface area contributed by atoms with Crippen molar-refractivity contribution >= 4 is 17.3 Å². The predicted octanol–water partition coefficient (Wildman–Crippen LogP) is 5.48. The number of piperidine rings is 1. The van der Waals surface area contributed by atoms with Gasteiger partial charge in [0.15, 0.2) is 0 Å². The first-order valence-electron chi connectivity index (χ1n) is 13.1. The molecule has 5 rings (SSSR count). The number of hydrogen-bond donors (Lipinski definition) is 1. The van der Waals surface area contributed by atoms with Crippen molar-refractivity contribution in [2.75, 3.05) is 37.6 Å². The molecular formula is C31H37N3O. The zero-order valence-corrected chi connectivity index (χ0v) is 20.9. The van der Waals surface area contributed by atoms with Crippen LogP contribution in [-0.2, 0) is 23.1 Å². The van der Waals surface area contributed by atoms with E-state index in [9.17, 15) is 4.79 Å². The minimum absolute atomic E-state index is 0.0338. The molecule has 2 aliphatic rings. The van der Waals surface area contributed by atoms with Crippen LogP contribution in [0.3, 0.4) is 0 Å². The zero-order chi connectivity index (χ0) is 24.1. The normalized spacial score (nSPS) is 17.2. The van der Waals surface area contributed by atoms with E-state index < -0.39 is 0 Å². The van der Waals surface area contributed by atoms with Gasteiger partial charge in [-0.2, -0.15) is 0 Å². The van der Waals surface area contributed by atoms with Crippen molar-refractivity contribution in [2.24, 2.45) is 0 Å². The van der Waals surface area contributed by atoms with E-state index in [1.807, 2.05) is 0 Å². The van der Waals surface area contributed by atoms with E-state index in [1.54, 1.807) is 6.92 Å². The predicted molar refractivity (Wildman–Crippen MR) is 144 cm³/mol. The van der Waals surface area contributed by atoms with E-state index in [1.165, 1.54) is 28.1 Å². The van der Waals surface area contributed by atoms with Crippen LogP contribution < -0.4 is 10.2 Å². The Hall–Kier alpha value is -3.11. The summed E-state index contributed by atoms with van der Waals surface area (Å²) in [6.45, 7) is 6.61. The molecule has 1 fully saturated rings. The van der Waals surface area contributed by atoms with Gasteiger partial charge in [0.25, 0.3) is 0 Å². The van der Waals surface area contributed by atoms with Gasteiger partial charge in [-0.1, -0.05) is 66.7 Å². The summed E-state index contributed by atoms with van der Waals surface area (Å²) in [4.78, 5) is 16.9. The molecule has 3 aromatic carbocycles. The van der Waals surface area contributed by atoms with Gasteiger partial charge in [-0.15, -0.1) is 0 Å². The largest absolute Gasteiger partial charge is 0.355 e. The van der Waals surface area contributed by atoms with Crippen molar-refractivity contribution in [1.82, 2.24) is 10.2 Å². The Bertz CT molecular complexity index is 1090. The molecule has 0 aliphatic carbocycles. The lowest BCUT2D eigenvalue weighted by Crippen LogP contribution is -2.49. The van der Waals surface area contributed by atoms with Crippen LogP contribution in [0.15, 0.2) is 78.9 Å². The first-order valence-corrected chi connectivity index (χ1v) is 13.1. The Morgan fingerprint density at radius 1 is 0.800 bits per heavy atom. The molecule has 0 unspecified atom stereocenters. The van der Waals surface area contributed by atoms with Gasteiger partial charge in [-0.3, -0.25) is 4.79 Å². The number of amides is 1. The van der Waals surface area contributed by atoms with Gasteiger partial charge in [-0.05, 0) is 80.6 Å². The number of nitrogens with one attached hydrogen (secondary N) is 1. The lowest BCUT2D eigenvalue weighted by Gasteiger charge is -2.42. The van der Waals surface area contributed by atoms with Gasteiger partial charge >= 0.3 is 0 Å². The molecule has 0 saturated carbocycles. The highest BCUT2D eigenvalue weighted by Gasteiger charge is 2.36. The molecule has 0 atom stereocenters. The van der Waals surface area contributed by atoms with Crippen molar-refractivity contribution in [3.05, 3.63) is 95.6 Å². The van der Waals surface area contributed by atoms with Crippen LogP contribution in [0.25, 0.3) is 0 Å². The summed E-state index contributed by atoms with van der Waals surface area (Å²) in [7, 11) is 0. The van der Waals surface area contributed by atoms with E-state index >= 15 is 0 Å². The van der Waals surface area contributed by atoms with Crippen LogP contribution in [0, 0.1) is 0 Å². The molecule has 4 heteroatoms. The lowest BCUT2D eigenvalue weighted by atomic mass is 9.72. The number of aryl methyl sites for hydroxylation is 2. The number of carbonyl (C=O) groups is 1. The van der Waals surface area contributed by atoms with Crippen LogP contribution in [0.5, 0.6) is 0 Å². The van der Waals surface area contributed by atoms with Crippen LogP contribution in [-0.4, -0.2) is 43.5 Å². The fourth-order valence-electron chi connectivity index (χ4n) is 5.92. The van der Waals surface area contributed by atoms with E-state index in [0.717, 1.165) is 64.8 Å². The average molecular weight is 468 g/mol. The summed E-state index contributed by atoms with van der Waals surface area (Å²) in [5.74, 6) is 0.0562. The number of nitrogens with zero attached hydrogens (tertiary/aromatic N) is 2. The van der Waals surface area contributed by atoms with E-state index in [-0.39, 0.29) is 11.3 Å². The molecule has 1 N–H and O–H groups in total. The number of anilines is 2. The monoisotopic (exact) mass is 467 g/mol. The minimum atomic E-state index is 0.0338. The average Bonchev–Trinajstić information content (AvgIpc) is 3.06. The molecule has 35 heavy (non-hydrogen) atoms. The van der Waals surface area contributed by atoms with E-state index in [2.05, 4.69) is 94.0 Å². The Kier molecular flexibility index (Phi) is 7.19. The van der Waals surface area contributed by atoms with Gasteiger partial charge in [0.05, 0.1) is 0 Å². The lowest BCUT2D eigenvalue weighted by molar-refractivity contribution is -0.119. The van der Waals surface area contributed by atoms with Crippen LogP contribution in [0.4, 0.5) is 11.4 Å². The summed E-state index contributed by atoms with van der Waals surface area (Å²) < 4.78 is 0. The second-order valence-electron chi connectivity index (χ2n) is 10.2. The zero-order valence-electron chi connectivity index (χ0n) is 20.9. The van der Waals surface area contributed by atoms with Crippen molar-refractivity contribution in [3.8, 4) is 0 Å². The number of fused-ring (bicyclic) bond motifs is 2. The van der Waals surface area contributed by atoms with E-state index in [4.69, 9.17) is 0 Å². The number of likely N-dealkylation sites (tertiary alicyclic amines) is 1. The Morgan fingerprint density at radius 2 is 1.37 bits per heavy atom. The SMILES string of the molecule is CC(=O)NCC1(c2ccccc2)CCN(CCCN2c3ccccc3CCc3ccccc32)CC1. The molecule has 0 radical (unpaired) electrons. The molecule has 4 nitrogen and oxygen atoms in total. The number of carbonyl (C=O) groups excluding carboxylic acids is 1. The van der Waals surface area contributed by atoms with Crippen molar-refractivity contribution in [3.63, 3.8) is 0 Å². The standard InChI is InChI=1S/C31H37N3O/c1-25(35)32-24-31(28-12-3-2-4-13-28)18-22-33(23-19-31)20-9-21-34-29-14-7-5-10-26(29)16-17-27-11-6-8-15-30(27)34/h2-8,10-15H,9,16-24H2,1H3,(H,32,35). The highest BCUT2D eigenvalue weighted by molar-refractivity contribution is 5.73. The second-order valence-corrected chi connectivity index (χ2v) is 10.2. The summed E-state index contributed by atoms with van der Waals surface area (Å²) in [5.41, 5.74) is 7.03. The molecule has 1 amide bonds. The third-order valence-electron chi connectivity index (χ3n) is 7.96. The molecule has 0 aromatic heterocycles. The van der Waals surface area contributed by atoms with Gasteiger partial charge < -0.3 is 15.1 Å². The maximum absolute atomic E-state index is 11.7. The molecule has 3 aromatic rings. The first-order chi connectivity index (χ1) is 17.1. The highest BCUT2D eigenvalue weighted by Crippen LogP contribution is 2.37. The maximum Gasteiger partial charge on any atom is 0.216 e. The van der Waals surface area contributed by atoms with Gasteiger partial charge in [0.2, 0.25) is 5.91 Å². The topological polar surface area (TPSA) is 35.6 Å². The van der Waals surface area contributed by atoms with E-state index in [0.29, 0.717) is 0 Å². The maximum atomic E-state index is 11.7. The fraction of sp³-hybridized carbons (Fsp3) is 0.387. The van der Waals surface area contributed by atoms with Crippen molar-refractivity contribution in [2.45, 2.75) is 44.4 Å². The summed E-state index contributed by atoms with van der Waals surface area (Å²) in [5, 5.41) is 3.12. The second kappa shape index (κ2) is 10.7. The van der Waals surface area contributed by atoms with Gasteiger partial charge in [0.1, 0.15) is 0 Å². The third-order valence-corrected chi connectivity index (χ3v) is 7.96. The summed E-state index contributed by atoms with van der Waals surface area (Å²) in [6.07, 6.45) is 5.49. The number of para-hydroxylation sites is 2. The Morgan fingerprint density at radius 3 is 1.97 bits per heavy atom. The molecule has 182 valence electrons. The molecule has 2 aliphatic heterocycles. The molecule has 0 spiro atoms. The molecule has 2 heterocycles. The van der Waals surface area contributed by atoms with Crippen molar-refractivity contribution < 1.29 is 4.79 Å². The van der Waals surface area contributed by atoms with Crippen LogP contribution in [0.2, 0.25) is 0 Å². The first kappa shape index (κ1) is 23.6. The summed E-state index contributed by atoms with van der Waals surface area (Å²) >= 11 is 0. The van der Waals surface area contributed by atoms with Gasteiger partial charge in [-0.25, -0.2) is 0 Å². The Labute approximate surface area is 210 Å². The third kappa shape index (κ3) is 5.28. The molecule has 0 bridgehead atoms. The smallest absolute Gasteiger partial charge is 0.216 e. The highest BCUT2D eigenvalue weighted by atomic mass is 16.1. The fourth-order valence-corrected chi connectivity index (χ4v) is 5.92. The summed E-state index contributed by atoms with van der Waals surface area (Å²) in [6, 6.07) is 28.6. The number of benzene rings is 3. The molecule has 1 saturated heterocycles. The number of hydrogen-bond acceptors (Lipinski definition) is 3. The quantitative estimate of drug-likeness (QED) is 0.500. The van der Waals surface area contributed by atoms with Crippen LogP contribution in [0.1, 0.15) is 42.9 Å². The Balaban J connectivity index is 1.24. The van der Waals surface area contributed by atoms with Crippen molar-refractivity contribution in [1.29, 1.82) is 0 Å². The minimum Gasteiger partial charge on any atom is -0.355 e. The molecular weight excluding hydrogens is 430 g/mol. The number of rotatable bonds is 7. The van der Waals surface area contributed by atoms with Crippen LogP contribution >= 0.6 is 0 Å². The van der Waals surface area contributed by atoms with Gasteiger partial charge in [0, 0.05) is 36.8 Å².